The van der Waals surface area contributed by atoms with Crippen molar-refractivity contribution in [1.82, 2.24) is 5.32 Å². The quantitative estimate of drug-likeness (QED) is 0.0554. The summed E-state index contributed by atoms with van der Waals surface area (Å²) in [4.78, 5) is 90.0. The zero-order valence-corrected chi connectivity index (χ0v) is 23.6. The van der Waals surface area contributed by atoms with E-state index in [1.165, 1.54) is 49.4 Å². The van der Waals surface area contributed by atoms with Crippen LogP contribution in [-0.4, -0.2) is 86.8 Å². The van der Waals surface area contributed by atoms with Gasteiger partial charge in [-0.25, -0.2) is 9.59 Å². The van der Waals surface area contributed by atoms with Gasteiger partial charge in [-0.15, -0.1) is 0 Å². The van der Waals surface area contributed by atoms with Crippen LogP contribution >= 0.6 is 7.60 Å². The lowest BCUT2D eigenvalue weighted by Gasteiger charge is -2.09. The van der Waals surface area contributed by atoms with Crippen molar-refractivity contribution in [3.63, 3.8) is 0 Å². The number of nitrogens with one attached hydrogen (secondary N) is 2. The van der Waals surface area contributed by atoms with Gasteiger partial charge < -0.3 is 45.9 Å². The molecule has 0 saturated heterocycles. The summed E-state index contributed by atoms with van der Waals surface area (Å²) in [5.41, 5.74) is 5.10. The maximum absolute atomic E-state index is 12.7. The fraction of sp³-hybridized carbons (Fsp3) is 0.240. The van der Waals surface area contributed by atoms with Crippen LogP contribution in [0.5, 0.6) is 0 Å². The Balaban J connectivity index is 0.000000790. The van der Waals surface area contributed by atoms with Crippen LogP contribution < -0.4 is 16.4 Å². The summed E-state index contributed by atoms with van der Waals surface area (Å²) >= 11 is 0. The van der Waals surface area contributed by atoms with Gasteiger partial charge in [0.05, 0.1) is 29.5 Å². The molecule has 0 aliphatic carbocycles. The first-order valence-electron chi connectivity index (χ1n) is 12.0. The number of carboxylic acid groups (broad SMARTS) is 2. The number of carbonyl (C=O) groups is 6. The fourth-order valence-corrected chi connectivity index (χ4v) is 3.45. The summed E-state index contributed by atoms with van der Waals surface area (Å²) in [6.45, 7) is 2.53. The van der Waals surface area contributed by atoms with Gasteiger partial charge in [0.1, 0.15) is 18.3 Å². The zero-order valence-electron chi connectivity index (χ0n) is 22.8. The Labute approximate surface area is 243 Å². The molecule has 232 valence electrons. The minimum atomic E-state index is -4.28. The largest absolute Gasteiger partial charge is 0.480 e. The van der Waals surface area contributed by atoms with Gasteiger partial charge in [0.15, 0.2) is 0 Å². The van der Waals surface area contributed by atoms with Crippen molar-refractivity contribution in [2.24, 2.45) is 10.9 Å². The number of carbonyl (C=O) groups excluding carboxylic acids is 4. The minimum Gasteiger partial charge on any atom is -0.480 e. The van der Waals surface area contributed by atoms with Gasteiger partial charge in [0, 0.05) is 5.69 Å². The van der Waals surface area contributed by atoms with Crippen LogP contribution in [-0.2, 0) is 28.5 Å². The molecule has 0 aliphatic rings. The van der Waals surface area contributed by atoms with E-state index in [0.29, 0.717) is 11.3 Å². The summed E-state index contributed by atoms with van der Waals surface area (Å²) in [7, 11) is -4.28. The van der Waals surface area contributed by atoms with Gasteiger partial charge in [-0.2, -0.15) is 0 Å². The topological polar surface area (TPSA) is 281 Å². The highest BCUT2D eigenvalue weighted by molar-refractivity contribution is 7.51. The van der Waals surface area contributed by atoms with E-state index in [-0.39, 0.29) is 23.4 Å². The fourth-order valence-electron chi connectivity index (χ4n) is 2.78. The number of nitrogens with two attached hydrogens (primary N) is 1. The first-order chi connectivity index (χ1) is 20.0. The molecule has 2 aromatic rings. The minimum absolute atomic E-state index is 0.0137. The van der Waals surface area contributed by atoms with Crippen LogP contribution in [0.1, 0.15) is 44.9 Å². The molecule has 43 heavy (non-hydrogen) atoms. The number of ether oxygens (including phenoxy) is 1. The van der Waals surface area contributed by atoms with Crippen molar-refractivity contribution in [2.75, 3.05) is 24.6 Å². The molecule has 0 bridgehead atoms. The van der Waals surface area contributed by atoms with Crippen molar-refractivity contribution in [2.45, 2.75) is 19.9 Å². The molecule has 0 heterocycles. The molecule has 0 radical (unpaired) electrons. The van der Waals surface area contributed by atoms with Gasteiger partial charge >= 0.3 is 31.5 Å². The van der Waals surface area contributed by atoms with E-state index < -0.39 is 62.0 Å². The van der Waals surface area contributed by atoms with Gasteiger partial charge in [-0.05, 0) is 50.2 Å². The van der Waals surface area contributed by atoms with Crippen LogP contribution in [0.15, 0.2) is 53.7 Å². The molecule has 2 amide bonds. The molecular weight excluding hydrogens is 595 g/mol. The summed E-state index contributed by atoms with van der Waals surface area (Å²) in [6, 6.07) is 10.3. The molecule has 18 heteroatoms. The Hall–Kier alpha value is -4.96. The van der Waals surface area contributed by atoms with E-state index in [2.05, 4.69) is 15.8 Å². The van der Waals surface area contributed by atoms with Crippen molar-refractivity contribution < 1.29 is 62.9 Å². The number of anilines is 1. The average molecular weight is 624 g/mol. The number of hydrogen-bond acceptors (Lipinski definition) is 11. The van der Waals surface area contributed by atoms with Gasteiger partial charge in [0.25, 0.3) is 11.8 Å². The lowest BCUT2D eigenvalue weighted by atomic mass is 10.1. The predicted molar refractivity (Wildman–Crippen MR) is 148 cm³/mol. The molecule has 17 nitrogen and oxygen atoms in total. The molecule has 0 fully saturated rings. The normalized spacial score (nSPS) is 11.6. The zero-order chi connectivity index (χ0) is 32.7. The van der Waals surface area contributed by atoms with Crippen LogP contribution in [0.2, 0.25) is 0 Å². The Kier molecular flexibility index (Phi) is 14.3. The third-order valence-electron chi connectivity index (χ3n) is 4.79. The summed E-state index contributed by atoms with van der Waals surface area (Å²) < 4.78 is 15.0. The third kappa shape index (κ3) is 13.5. The Bertz CT molecular complexity index is 1420. The molecule has 0 aromatic heterocycles. The second-order valence-corrected chi connectivity index (χ2v) is 9.92. The molecule has 0 saturated carbocycles. The van der Waals surface area contributed by atoms with Crippen LogP contribution in [0.4, 0.5) is 5.69 Å². The number of amides is 2. The Morgan fingerprint density at radius 1 is 0.953 bits per heavy atom. The Morgan fingerprint density at radius 2 is 1.53 bits per heavy atom. The number of oxime groups is 1. The monoisotopic (exact) mass is 624 g/mol. The molecule has 1 atom stereocenters. The second-order valence-electron chi connectivity index (χ2n) is 8.22. The van der Waals surface area contributed by atoms with Crippen molar-refractivity contribution in [3.8, 4) is 0 Å². The molecule has 2 rings (SSSR count). The third-order valence-corrected chi connectivity index (χ3v) is 5.66. The predicted octanol–water partition coefficient (Wildman–Crippen LogP) is 0.425. The van der Waals surface area contributed by atoms with Crippen LogP contribution in [0, 0.1) is 0 Å². The first kappa shape index (κ1) is 36.1. The molecule has 1 unspecified atom stereocenters. The molecular formula is C25H29N4O13P. The highest BCUT2D eigenvalue weighted by atomic mass is 31.2. The van der Waals surface area contributed by atoms with Crippen molar-refractivity contribution in [3.05, 3.63) is 65.2 Å². The lowest BCUT2D eigenvalue weighted by Crippen LogP contribution is -2.33. The van der Waals surface area contributed by atoms with Crippen molar-refractivity contribution >= 4 is 54.7 Å². The van der Waals surface area contributed by atoms with E-state index in [9.17, 15) is 33.3 Å². The average Bonchev–Trinajstić information content (AvgIpc) is 2.94. The molecule has 0 spiro atoms. The van der Waals surface area contributed by atoms with Gasteiger partial charge in [-0.3, -0.25) is 23.7 Å². The number of esters is 1. The highest BCUT2D eigenvalue weighted by Crippen LogP contribution is 2.34. The smallest absolute Gasteiger partial charge is 0.366 e. The maximum Gasteiger partial charge on any atom is 0.366 e. The van der Waals surface area contributed by atoms with Crippen LogP contribution in [0.3, 0.4) is 0 Å². The van der Waals surface area contributed by atoms with Gasteiger partial charge in [-0.1, -0.05) is 17.3 Å². The molecule has 2 aromatic carbocycles. The second kappa shape index (κ2) is 17.1. The summed E-state index contributed by atoms with van der Waals surface area (Å²) in [5.74, 6) is -5.60. The standard InChI is InChI=1S/C22H21N3O8.C3H8NO5P/c1-3-32-21(30)14-8-10-15(11-9-14)24-20(29)16-6-4-5-7-17(16)22(31)33-25-13(2)19(28)23-12-18(26)27;4-2(3(5)6)1-10(7,8)9/h4-11H,3,12H2,1-2H3,(H,23,28)(H,24,29)(H,26,27);2H,1,4H2,(H,5,6)(H2,7,8,9). The number of benzene rings is 2. The Morgan fingerprint density at radius 3 is 2.02 bits per heavy atom. The number of rotatable bonds is 12. The first-order valence-corrected chi connectivity index (χ1v) is 13.8. The number of aliphatic carboxylic acids is 2. The van der Waals surface area contributed by atoms with E-state index in [4.69, 9.17) is 35.3 Å². The summed E-state index contributed by atoms with van der Waals surface area (Å²) in [6.07, 6.45) is -0.817. The molecule has 0 aliphatic heterocycles. The maximum atomic E-state index is 12.7. The van der Waals surface area contributed by atoms with E-state index in [1.54, 1.807) is 13.0 Å². The van der Waals surface area contributed by atoms with E-state index >= 15 is 0 Å². The highest BCUT2D eigenvalue weighted by Gasteiger charge is 2.23. The van der Waals surface area contributed by atoms with Gasteiger partial charge in [0.2, 0.25) is 0 Å². The van der Waals surface area contributed by atoms with Crippen molar-refractivity contribution in [1.29, 1.82) is 0 Å². The number of hydrogen-bond donors (Lipinski definition) is 7. The number of carboxylic acids is 2. The SMILES string of the molecule is CCOC(=O)c1ccc(NC(=O)c2ccccc2C(=O)ON=C(C)C(=O)NCC(=O)O)cc1.NC(CP(=O)(O)O)C(=O)O. The molecule has 8 N–H and O–H groups in total. The lowest BCUT2D eigenvalue weighted by molar-refractivity contribution is -0.138. The van der Waals surface area contributed by atoms with Crippen LogP contribution in [0.25, 0.3) is 0 Å². The van der Waals surface area contributed by atoms with E-state index in [1.807, 2.05) is 0 Å². The number of nitrogens with zero attached hydrogens (tertiary/aromatic N) is 1. The van der Waals surface area contributed by atoms with E-state index in [0.717, 1.165) is 0 Å². The summed E-state index contributed by atoms with van der Waals surface area (Å²) in [5, 5.41) is 24.7.